The van der Waals surface area contributed by atoms with E-state index in [1.54, 1.807) is 5.38 Å². The van der Waals surface area contributed by atoms with Crippen LogP contribution in [0.15, 0.2) is 10.2 Å². The number of H-pyrrole nitrogens is 1. The minimum atomic E-state index is -1.05. The predicted octanol–water partition coefficient (Wildman–Crippen LogP) is -0.180. The lowest BCUT2D eigenvalue weighted by Crippen LogP contribution is -2.46. The summed E-state index contributed by atoms with van der Waals surface area (Å²) in [7, 11) is 1.49. The Kier molecular flexibility index (Phi) is 4.40. The van der Waals surface area contributed by atoms with Gasteiger partial charge in [-0.3, -0.25) is 4.79 Å². The number of aromatic nitrogens is 1. The smallest absolute Gasteiger partial charge is 0.326 e. The Morgan fingerprint density at radius 1 is 1.65 bits per heavy atom. The first kappa shape index (κ1) is 14.5. The SMILES string of the molecule is COC1CC(C(=O)O)N(C(=O)NCc2csc(=O)[nH]2)C1. The van der Waals surface area contributed by atoms with Gasteiger partial charge in [0.25, 0.3) is 0 Å². The predicted molar refractivity (Wildman–Crippen MR) is 70.7 cm³/mol. The monoisotopic (exact) mass is 301 g/mol. The number of hydrogen-bond donors (Lipinski definition) is 3. The first-order valence-corrected chi connectivity index (χ1v) is 6.86. The van der Waals surface area contributed by atoms with Gasteiger partial charge < -0.3 is 25.0 Å². The maximum absolute atomic E-state index is 12.0. The molecule has 0 bridgehead atoms. The number of urea groups is 1. The van der Waals surface area contributed by atoms with E-state index < -0.39 is 18.0 Å². The molecule has 0 spiro atoms. The summed E-state index contributed by atoms with van der Waals surface area (Å²) in [5.74, 6) is -1.05. The highest BCUT2D eigenvalue weighted by molar-refractivity contribution is 7.07. The average Bonchev–Trinajstić information content (AvgIpc) is 3.02. The van der Waals surface area contributed by atoms with Crippen LogP contribution >= 0.6 is 11.3 Å². The lowest BCUT2D eigenvalue weighted by atomic mass is 10.2. The van der Waals surface area contributed by atoms with Crippen molar-refractivity contribution in [2.24, 2.45) is 0 Å². The Hall–Kier alpha value is -1.87. The van der Waals surface area contributed by atoms with Crippen molar-refractivity contribution in [1.82, 2.24) is 15.2 Å². The number of ether oxygens (including phenoxy) is 1. The molecule has 0 radical (unpaired) electrons. The molecule has 2 rings (SSSR count). The second kappa shape index (κ2) is 6.06. The summed E-state index contributed by atoms with van der Waals surface area (Å²) in [5, 5.41) is 13.3. The first-order chi connectivity index (χ1) is 9.51. The number of methoxy groups -OCH3 is 1. The van der Waals surface area contributed by atoms with Crippen LogP contribution in [0.3, 0.4) is 0 Å². The van der Waals surface area contributed by atoms with Gasteiger partial charge in [-0.25, -0.2) is 9.59 Å². The Labute approximate surface area is 118 Å². The third-order valence-electron chi connectivity index (χ3n) is 3.14. The molecule has 0 aliphatic carbocycles. The number of carbonyl (C=O) groups is 2. The minimum Gasteiger partial charge on any atom is -0.480 e. The van der Waals surface area contributed by atoms with Crippen LogP contribution in [-0.2, 0) is 16.1 Å². The number of aliphatic carboxylic acids is 1. The normalized spacial score (nSPS) is 21.9. The van der Waals surface area contributed by atoms with E-state index in [2.05, 4.69) is 10.3 Å². The molecule has 2 heterocycles. The van der Waals surface area contributed by atoms with Crippen molar-refractivity contribution in [1.29, 1.82) is 0 Å². The number of nitrogens with one attached hydrogen (secondary N) is 2. The number of thiazole rings is 1. The fraction of sp³-hybridized carbons (Fsp3) is 0.545. The van der Waals surface area contributed by atoms with E-state index in [-0.39, 0.29) is 30.5 Å². The maximum atomic E-state index is 12.0. The molecular formula is C11H15N3O5S. The van der Waals surface area contributed by atoms with Gasteiger partial charge in [-0.15, -0.1) is 0 Å². The molecule has 110 valence electrons. The summed E-state index contributed by atoms with van der Waals surface area (Å²) < 4.78 is 5.11. The molecule has 20 heavy (non-hydrogen) atoms. The molecule has 1 saturated heterocycles. The van der Waals surface area contributed by atoms with Gasteiger partial charge in [0.15, 0.2) is 0 Å². The highest BCUT2D eigenvalue weighted by Crippen LogP contribution is 2.20. The molecule has 8 nitrogen and oxygen atoms in total. The molecule has 1 aromatic heterocycles. The topological polar surface area (TPSA) is 112 Å². The summed E-state index contributed by atoms with van der Waals surface area (Å²) in [6.45, 7) is 0.386. The van der Waals surface area contributed by atoms with Crippen LogP contribution in [0.2, 0.25) is 0 Å². The maximum Gasteiger partial charge on any atom is 0.326 e. The van der Waals surface area contributed by atoms with Crippen LogP contribution in [0.25, 0.3) is 0 Å². The molecule has 2 unspecified atom stereocenters. The van der Waals surface area contributed by atoms with Gasteiger partial charge in [0.2, 0.25) is 0 Å². The highest BCUT2D eigenvalue weighted by atomic mass is 32.1. The van der Waals surface area contributed by atoms with Crippen molar-refractivity contribution in [3.8, 4) is 0 Å². The van der Waals surface area contributed by atoms with Crippen molar-refractivity contribution in [3.05, 3.63) is 20.7 Å². The standard InChI is InChI=1S/C11H15N3O5S/c1-19-7-2-8(9(15)16)14(4-7)10(17)12-3-6-5-20-11(18)13-6/h5,7-8H,2-4H2,1H3,(H,12,17)(H,13,18)(H,15,16). The largest absolute Gasteiger partial charge is 0.480 e. The number of hydrogen-bond acceptors (Lipinski definition) is 5. The van der Waals surface area contributed by atoms with E-state index >= 15 is 0 Å². The van der Waals surface area contributed by atoms with Gasteiger partial charge in [-0.05, 0) is 0 Å². The van der Waals surface area contributed by atoms with Crippen molar-refractivity contribution in [2.75, 3.05) is 13.7 Å². The second-order valence-corrected chi connectivity index (χ2v) is 5.27. The molecule has 3 N–H and O–H groups in total. The average molecular weight is 301 g/mol. The first-order valence-electron chi connectivity index (χ1n) is 5.98. The quantitative estimate of drug-likeness (QED) is 0.714. The highest BCUT2D eigenvalue weighted by Gasteiger charge is 2.39. The molecule has 9 heteroatoms. The Morgan fingerprint density at radius 3 is 2.95 bits per heavy atom. The van der Waals surface area contributed by atoms with Crippen LogP contribution < -0.4 is 10.2 Å². The van der Waals surface area contributed by atoms with Crippen LogP contribution in [-0.4, -0.2) is 52.8 Å². The Balaban J connectivity index is 1.96. The lowest BCUT2D eigenvalue weighted by Gasteiger charge is -2.21. The fourth-order valence-electron chi connectivity index (χ4n) is 2.10. The van der Waals surface area contributed by atoms with Gasteiger partial charge >= 0.3 is 16.9 Å². The summed E-state index contributed by atoms with van der Waals surface area (Å²) in [6, 6.07) is -1.37. The molecule has 0 aromatic carbocycles. The molecular weight excluding hydrogens is 286 g/mol. The van der Waals surface area contributed by atoms with Gasteiger partial charge in [0.1, 0.15) is 6.04 Å². The van der Waals surface area contributed by atoms with E-state index in [0.717, 1.165) is 11.3 Å². The van der Waals surface area contributed by atoms with Crippen LogP contribution in [0, 0.1) is 0 Å². The molecule has 2 atom stereocenters. The Morgan fingerprint density at radius 2 is 2.40 bits per heavy atom. The molecule has 1 aliphatic heterocycles. The van der Waals surface area contributed by atoms with Crippen molar-refractivity contribution in [2.45, 2.75) is 25.1 Å². The molecule has 1 aliphatic rings. The van der Waals surface area contributed by atoms with Crippen LogP contribution in [0.4, 0.5) is 4.79 Å². The van der Waals surface area contributed by atoms with E-state index in [9.17, 15) is 14.4 Å². The van der Waals surface area contributed by atoms with Gasteiger partial charge in [0.05, 0.1) is 12.6 Å². The van der Waals surface area contributed by atoms with Crippen molar-refractivity contribution >= 4 is 23.3 Å². The van der Waals surface area contributed by atoms with Crippen molar-refractivity contribution < 1.29 is 19.4 Å². The number of carboxylic acids is 1. The van der Waals surface area contributed by atoms with Gasteiger partial charge in [-0.1, -0.05) is 11.3 Å². The van der Waals surface area contributed by atoms with E-state index in [4.69, 9.17) is 9.84 Å². The van der Waals surface area contributed by atoms with Crippen LogP contribution in [0.5, 0.6) is 0 Å². The lowest BCUT2D eigenvalue weighted by molar-refractivity contribution is -0.141. The number of nitrogens with zero attached hydrogens (tertiary/aromatic N) is 1. The number of likely N-dealkylation sites (tertiary alicyclic amines) is 1. The van der Waals surface area contributed by atoms with Gasteiger partial charge in [-0.2, -0.15) is 0 Å². The zero-order valence-corrected chi connectivity index (χ0v) is 11.6. The number of carboxylic acid groups (broad SMARTS) is 1. The summed E-state index contributed by atoms with van der Waals surface area (Å²) >= 11 is 1.01. The van der Waals surface area contributed by atoms with Gasteiger partial charge in [0, 0.05) is 31.1 Å². The third kappa shape index (κ3) is 3.17. The zero-order valence-electron chi connectivity index (χ0n) is 10.8. The summed E-state index contributed by atoms with van der Waals surface area (Å²) in [6.07, 6.45) is -0.00282. The number of carbonyl (C=O) groups excluding carboxylic acids is 1. The zero-order chi connectivity index (χ0) is 14.7. The van der Waals surface area contributed by atoms with Crippen molar-refractivity contribution in [3.63, 3.8) is 0 Å². The number of rotatable bonds is 4. The number of amides is 2. The molecule has 1 aromatic rings. The third-order valence-corrected chi connectivity index (χ3v) is 3.86. The van der Waals surface area contributed by atoms with E-state index in [0.29, 0.717) is 5.69 Å². The number of aromatic amines is 1. The van der Waals surface area contributed by atoms with E-state index in [1.165, 1.54) is 12.0 Å². The fourth-order valence-corrected chi connectivity index (χ4v) is 2.68. The minimum absolute atomic E-state index is 0.151. The Bertz CT molecular complexity index is 554. The molecule has 2 amide bonds. The van der Waals surface area contributed by atoms with E-state index in [1.807, 2.05) is 0 Å². The molecule has 1 fully saturated rings. The summed E-state index contributed by atoms with van der Waals surface area (Å²) in [5.41, 5.74) is 0.586. The second-order valence-electron chi connectivity index (χ2n) is 4.43. The molecule has 0 saturated carbocycles. The van der Waals surface area contributed by atoms with Crippen LogP contribution in [0.1, 0.15) is 12.1 Å². The summed E-state index contributed by atoms with van der Waals surface area (Å²) in [4.78, 5) is 37.7.